The van der Waals surface area contributed by atoms with Crippen molar-refractivity contribution in [3.63, 3.8) is 0 Å². The fourth-order valence-corrected chi connectivity index (χ4v) is 6.13. The fraction of sp³-hybridized carbons (Fsp3) is 0.462. The number of nitrogens with zero attached hydrogens (tertiary/aromatic N) is 1. The molecular formula is C26H31NO4S. The Morgan fingerprint density at radius 2 is 1.75 bits per heavy atom. The molecular weight excluding hydrogens is 422 g/mol. The number of likely N-dealkylation sites (N-methyl/N-ethyl adjacent to an activating group) is 1. The van der Waals surface area contributed by atoms with Gasteiger partial charge in [-0.05, 0) is 72.6 Å². The molecule has 32 heavy (non-hydrogen) atoms. The number of thiophene rings is 1. The third kappa shape index (κ3) is 4.66. The number of hydrogen-bond acceptors (Lipinski definition) is 4. The van der Waals surface area contributed by atoms with Crippen LogP contribution in [0.5, 0.6) is 0 Å². The molecule has 170 valence electrons. The van der Waals surface area contributed by atoms with E-state index in [1.54, 1.807) is 24.3 Å². The van der Waals surface area contributed by atoms with Gasteiger partial charge in [-0.3, -0.25) is 4.90 Å². The quantitative estimate of drug-likeness (QED) is 0.551. The van der Waals surface area contributed by atoms with Crippen LogP contribution in [-0.4, -0.2) is 46.7 Å². The number of aromatic carboxylic acids is 2. The average Bonchev–Trinajstić information content (AvgIpc) is 3.25. The van der Waals surface area contributed by atoms with E-state index < -0.39 is 11.9 Å². The lowest BCUT2D eigenvalue weighted by atomic mass is 9.75. The Labute approximate surface area is 193 Å². The van der Waals surface area contributed by atoms with Gasteiger partial charge in [-0.15, -0.1) is 11.3 Å². The lowest BCUT2D eigenvalue weighted by molar-refractivity contribution is 0.0688. The van der Waals surface area contributed by atoms with E-state index in [9.17, 15) is 14.7 Å². The second-order valence-electron chi connectivity index (χ2n) is 9.12. The summed E-state index contributed by atoms with van der Waals surface area (Å²) in [5.74, 6) is -0.540. The third-order valence-electron chi connectivity index (χ3n) is 7.08. The smallest absolute Gasteiger partial charge is 0.346 e. The van der Waals surface area contributed by atoms with E-state index >= 15 is 0 Å². The van der Waals surface area contributed by atoms with Gasteiger partial charge in [0.05, 0.1) is 5.56 Å². The predicted molar refractivity (Wildman–Crippen MR) is 128 cm³/mol. The molecule has 1 fully saturated rings. The molecule has 2 aliphatic rings. The van der Waals surface area contributed by atoms with Gasteiger partial charge in [0.1, 0.15) is 4.88 Å². The molecule has 2 aromatic rings. The SMILES string of the molecule is CCN1CCC(c2cc(-c3ccc(C(=O)O)cc3)sc2C(=O)O)=C(C2CCC(C)CC2)C1. The zero-order valence-electron chi connectivity index (χ0n) is 18.8. The number of carboxylic acid groups (broad SMARTS) is 2. The number of rotatable bonds is 6. The molecule has 4 rings (SSSR count). The Balaban J connectivity index is 1.76. The predicted octanol–water partition coefficient (Wildman–Crippen LogP) is 6.12. The molecule has 0 amide bonds. The largest absolute Gasteiger partial charge is 0.478 e. The molecule has 6 heteroatoms. The van der Waals surface area contributed by atoms with Gasteiger partial charge in [0.2, 0.25) is 0 Å². The second-order valence-corrected chi connectivity index (χ2v) is 10.2. The van der Waals surface area contributed by atoms with E-state index in [2.05, 4.69) is 18.7 Å². The van der Waals surface area contributed by atoms with Crippen molar-refractivity contribution in [2.75, 3.05) is 19.6 Å². The van der Waals surface area contributed by atoms with E-state index in [1.807, 2.05) is 6.07 Å². The Hall–Kier alpha value is -2.44. The summed E-state index contributed by atoms with van der Waals surface area (Å²) in [6.07, 6.45) is 5.74. The molecule has 0 saturated heterocycles. The first-order chi connectivity index (χ1) is 15.4. The zero-order chi connectivity index (χ0) is 22.8. The highest BCUT2D eigenvalue weighted by Gasteiger charge is 2.30. The van der Waals surface area contributed by atoms with Crippen molar-refractivity contribution in [3.8, 4) is 10.4 Å². The van der Waals surface area contributed by atoms with E-state index in [0.717, 1.165) is 48.0 Å². The van der Waals surface area contributed by atoms with Gasteiger partial charge in [0, 0.05) is 23.5 Å². The summed E-state index contributed by atoms with van der Waals surface area (Å²) in [7, 11) is 0. The minimum absolute atomic E-state index is 0.229. The number of hydrogen-bond donors (Lipinski definition) is 2. The highest BCUT2D eigenvalue weighted by molar-refractivity contribution is 7.17. The van der Waals surface area contributed by atoms with Crippen LogP contribution in [-0.2, 0) is 0 Å². The van der Waals surface area contributed by atoms with Crippen LogP contribution in [0.1, 0.15) is 71.5 Å². The summed E-state index contributed by atoms with van der Waals surface area (Å²) in [5.41, 5.74) is 4.62. The monoisotopic (exact) mass is 453 g/mol. The molecule has 5 nitrogen and oxygen atoms in total. The number of carbonyl (C=O) groups is 2. The van der Waals surface area contributed by atoms with Crippen molar-refractivity contribution >= 4 is 28.8 Å². The van der Waals surface area contributed by atoms with Crippen molar-refractivity contribution in [1.82, 2.24) is 4.90 Å². The van der Waals surface area contributed by atoms with Crippen molar-refractivity contribution in [1.29, 1.82) is 0 Å². The molecule has 0 unspecified atom stereocenters. The molecule has 1 aromatic heterocycles. The van der Waals surface area contributed by atoms with Crippen LogP contribution in [0.3, 0.4) is 0 Å². The van der Waals surface area contributed by atoms with E-state index in [4.69, 9.17) is 5.11 Å². The molecule has 1 aliphatic carbocycles. The summed E-state index contributed by atoms with van der Waals surface area (Å²) in [4.78, 5) is 27.1. The van der Waals surface area contributed by atoms with Gasteiger partial charge in [0.15, 0.2) is 0 Å². The Morgan fingerprint density at radius 3 is 2.34 bits per heavy atom. The van der Waals surface area contributed by atoms with Crippen molar-refractivity contribution in [2.45, 2.75) is 46.0 Å². The molecule has 2 heterocycles. The summed E-state index contributed by atoms with van der Waals surface area (Å²) in [6.45, 7) is 7.42. The van der Waals surface area contributed by atoms with Crippen molar-refractivity contribution < 1.29 is 19.8 Å². The molecule has 1 aliphatic heterocycles. The van der Waals surface area contributed by atoms with Gasteiger partial charge in [-0.25, -0.2) is 9.59 Å². The minimum Gasteiger partial charge on any atom is -0.478 e. The second kappa shape index (κ2) is 9.59. The van der Waals surface area contributed by atoms with Crippen LogP contribution < -0.4 is 0 Å². The minimum atomic E-state index is -0.964. The molecule has 0 bridgehead atoms. The van der Waals surface area contributed by atoms with Gasteiger partial charge in [-0.1, -0.05) is 38.8 Å². The zero-order valence-corrected chi connectivity index (χ0v) is 19.6. The maximum Gasteiger partial charge on any atom is 0.346 e. The van der Waals surface area contributed by atoms with E-state index in [1.165, 1.54) is 48.2 Å². The van der Waals surface area contributed by atoms with E-state index in [-0.39, 0.29) is 5.56 Å². The highest BCUT2D eigenvalue weighted by atomic mass is 32.1. The van der Waals surface area contributed by atoms with Crippen LogP contribution in [0.25, 0.3) is 16.0 Å². The first-order valence-corrected chi connectivity index (χ1v) is 12.3. The normalized spacial score (nSPS) is 22.2. The standard InChI is InChI=1S/C26H31NO4S/c1-3-27-13-12-20(22(15-27)17-6-4-16(2)5-7-17)21-14-23(32-24(21)26(30)31)18-8-10-19(11-9-18)25(28)29/h8-11,14,16-17H,3-7,12-13,15H2,1-2H3,(H,28,29)(H,30,31). The van der Waals surface area contributed by atoms with Gasteiger partial charge in [-0.2, -0.15) is 0 Å². The average molecular weight is 454 g/mol. The molecule has 0 spiro atoms. The van der Waals surface area contributed by atoms with Gasteiger partial charge < -0.3 is 10.2 Å². The summed E-state index contributed by atoms with van der Waals surface area (Å²) < 4.78 is 0. The van der Waals surface area contributed by atoms with Crippen LogP contribution in [0.4, 0.5) is 0 Å². The van der Waals surface area contributed by atoms with E-state index in [0.29, 0.717) is 10.8 Å². The molecule has 1 aromatic carbocycles. The molecule has 0 radical (unpaired) electrons. The summed E-state index contributed by atoms with van der Waals surface area (Å²) in [5, 5.41) is 19.2. The Kier molecular flexibility index (Phi) is 6.82. The van der Waals surface area contributed by atoms with Crippen molar-refractivity contribution in [3.05, 3.63) is 51.9 Å². The van der Waals surface area contributed by atoms with Gasteiger partial charge >= 0.3 is 11.9 Å². The highest BCUT2D eigenvalue weighted by Crippen LogP contribution is 2.43. The first kappa shape index (κ1) is 22.7. The van der Waals surface area contributed by atoms with Crippen LogP contribution in [0.15, 0.2) is 35.9 Å². The van der Waals surface area contributed by atoms with Crippen molar-refractivity contribution in [2.24, 2.45) is 11.8 Å². The van der Waals surface area contributed by atoms with Crippen LogP contribution in [0, 0.1) is 11.8 Å². The van der Waals surface area contributed by atoms with Crippen LogP contribution in [0.2, 0.25) is 0 Å². The maximum atomic E-state index is 12.2. The maximum absolute atomic E-state index is 12.2. The molecule has 0 atom stereocenters. The molecule has 1 saturated carbocycles. The molecule has 2 N–H and O–H groups in total. The summed E-state index contributed by atoms with van der Waals surface area (Å²) >= 11 is 1.29. The number of carboxylic acids is 2. The Bertz CT molecular complexity index is 1030. The number of benzene rings is 1. The first-order valence-electron chi connectivity index (χ1n) is 11.5. The fourth-order valence-electron chi connectivity index (χ4n) is 5.10. The Morgan fingerprint density at radius 1 is 1.06 bits per heavy atom. The van der Waals surface area contributed by atoms with Gasteiger partial charge in [0.25, 0.3) is 0 Å². The lowest BCUT2D eigenvalue weighted by Crippen LogP contribution is -2.34. The summed E-state index contributed by atoms with van der Waals surface area (Å²) in [6, 6.07) is 8.70. The lowest BCUT2D eigenvalue weighted by Gasteiger charge is -2.36. The topological polar surface area (TPSA) is 77.8 Å². The third-order valence-corrected chi connectivity index (χ3v) is 8.26. The van der Waals surface area contributed by atoms with Crippen LogP contribution >= 0.6 is 11.3 Å².